The first-order valence-electron chi connectivity index (χ1n) is 4.75. The van der Waals surface area contributed by atoms with Gasteiger partial charge in [-0.05, 0) is 25.3 Å². The lowest BCUT2D eigenvalue weighted by molar-refractivity contribution is 0.0932. The summed E-state index contributed by atoms with van der Waals surface area (Å²) >= 11 is 0. The fourth-order valence-corrected chi connectivity index (χ4v) is 1.40. The third kappa shape index (κ3) is 3.48. The summed E-state index contributed by atoms with van der Waals surface area (Å²) in [6, 6.07) is -0.574. The van der Waals surface area contributed by atoms with E-state index in [0.717, 1.165) is 12.3 Å². The summed E-state index contributed by atoms with van der Waals surface area (Å²) in [4.78, 5) is 0. The fraction of sp³-hybridized carbons (Fsp3) is 1.00. The van der Waals surface area contributed by atoms with Crippen LogP contribution in [-0.4, -0.2) is 19.0 Å². The van der Waals surface area contributed by atoms with E-state index in [2.05, 4.69) is 5.32 Å². The molecule has 0 radical (unpaired) electrons. The second-order valence-corrected chi connectivity index (χ2v) is 3.52. The SMILES string of the molecule is CCNC(CCC1CC1)C(F)F. The van der Waals surface area contributed by atoms with Crippen molar-refractivity contribution < 1.29 is 8.78 Å². The van der Waals surface area contributed by atoms with Crippen molar-refractivity contribution >= 4 is 0 Å². The van der Waals surface area contributed by atoms with Gasteiger partial charge in [0.2, 0.25) is 0 Å². The topological polar surface area (TPSA) is 12.0 Å². The Bertz CT molecular complexity index is 124. The van der Waals surface area contributed by atoms with Crippen LogP contribution in [0.1, 0.15) is 32.6 Å². The number of nitrogens with one attached hydrogen (secondary N) is 1. The van der Waals surface area contributed by atoms with E-state index < -0.39 is 12.5 Å². The first kappa shape index (κ1) is 9.90. The van der Waals surface area contributed by atoms with Gasteiger partial charge in [0.1, 0.15) is 0 Å². The molecule has 12 heavy (non-hydrogen) atoms. The molecular formula is C9H17F2N. The Balaban J connectivity index is 2.11. The van der Waals surface area contributed by atoms with Gasteiger partial charge in [-0.3, -0.25) is 0 Å². The summed E-state index contributed by atoms with van der Waals surface area (Å²) in [5.41, 5.74) is 0. The van der Waals surface area contributed by atoms with Crippen LogP contribution in [0.25, 0.3) is 0 Å². The minimum Gasteiger partial charge on any atom is -0.309 e. The minimum atomic E-state index is -2.20. The molecule has 0 heterocycles. The molecule has 0 bridgehead atoms. The van der Waals surface area contributed by atoms with Crippen molar-refractivity contribution in [3.05, 3.63) is 0 Å². The van der Waals surface area contributed by atoms with Gasteiger partial charge in [-0.25, -0.2) is 8.78 Å². The van der Waals surface area contributed by atoms with Crippen LogP contribution in [0.4, 0.5) is 8.78 Å². The molecule has 0 aromatic heterocycles. The lowest BCUT2D eigenvalue weighted by atomic mass is 10.1. The third-order valence-electron chi connectivity index (χ3n) is 2.35. The van der Waals surface area contributed by atoms with E-state index in [0.29, 0.717) is 13.0 Å². The molecule has 0 aliphatic heterocycles. The molecule has 1 aliphatic rings. The van der Waals surface area contributed by atoms with Gasteiger partial charge >= 0.3 is 0 Å². The van der Waals surface area contributed by atoms with Crippen LogP contribution in [-0.2, 0) is 0 Å². The summed E-state index contributed by atoms with van der Waals surface area (Å²) in [6.45, 7) is 2.51. The molecule has 1 aliphatic carbocycles. The Morgan fingerprint density at radius 2 is 2.08 bits per heavy atom. The normalized spacial score (nSPS) is 20.0. The summed E-state index contributed by atoms with van der Waals surface area (Å²) < 4.78 is 24.6. The molecule has 1 saturated carbocycles. The number of halogens is 2. The second kappa shape index (κ2) is 4.75. The number of rotatable bonds is 6. The molecule has 1 N–H and O–H groups in total. The maximum atomic E-state index is 12.3. The third-order valence-corrected chi connectivity index (χ3v) is 2.35. The Kier molecular flexibility index (Phi) is 3.92. The number of hydrogen-bond donors (Lipinski definition) is 1. The molecule has 3 heteroatoms. The molecule has 1 fully saturated rings. The first-order chi connectivity index (χ1) is 5.74. The largest absolute Gasteiger partial charge is 0.309 e. The lowest BCUT2D eigenvalue weighted by Crippen LogP contribution is -2.35. The van der Waals surface area contributed by atoms with E-state index in [9.17, 15) is 8.78 Å². The lowest BCUT2D eigenvalue weighted by Gasteiger charge is -2.16. The van der Waals surface area contributed by atoms with Crippen molar-refractivity contribution in [1.82, 2.24) is 5.32 Å². The average molecular weight is 177 g/mol. The zero-order valence-corrected chi connectivity index (χ0v) is 7.52. The molecule has 0 aromatic carbocycles. The molecule has 72 valence electrons. The summed E-state index contributed by atoms with van der Waals surface area (Å²) in [5.74, 6) is 0.755. The van der Waals surface area contributed by atoms with Gasteiger partial charge < -0.3 is 5.32 Å². The molecule has 0 amide bonds. The van der Waals surface area contributed by atoms with Crippen molar-refractivity contribution in [2.75, 3.05) is 6.54 Å². The average Bonchev–Trinajstić information content (AvgIpc) is 2.80. The summed E-state index contributed by atoms with van der Waals surface area (Å²) in [5, 5.41) is 2.82. The van der Waals surface area contributed by atoms with Crippen LogP contribution >= 0.6 is 0 Å². The predicted octanol–water partition coefficient (Wildman–Crippen LogP) is 2.42. The van der Waals surface area contributed by atoms with E-state index in [1.165, 1.54) is 12.8 Å². The molecule has 1 atom stereocenters. The molecule has 0 saturated heterocycles. The maximum Gasteiger partial charge on any atom is 0.253 e. The van der Waals surface area contributed by atoms with Crippen LogP contribution in [0.2, 0.25) is 0 Å². The van der Waals surface area contributed by atoms with Crippen LogP contribution < -0.4 is 5.32 Å². The highest BCUT2D eigenvalue weighted by Crippen LogP contribution is 2.34. The van der Waals surface area contributed by atoms with E-state index >= 15 is 0 Å². The molecule has 0 spiro atoms. The smallest absolute Gasteiger partial charge is 0.253 e. The van der Waals surface area contributed by atoms with Crippen molar-refractivity contribution in [1.29, 1.82) is 0 Å². The second-order valence-electron chi connectivity index (χ2n) is 3.52. The van der Waals surface area contributed by atoms with E-state index in [1.54, 1.807) is 0 Å². The van der Waals surface area contributed by atoms with Crippen LogP contribution in [0.5, 0.6) is 0 Å². The summed E-state index contributed by atoms with van der Waals surface area (Å²) in [6.07, 6.45) is 1.91. The highest BCUT2D eigenvalue weighted by atomic mass is 19.3. The Morgan fingerprint density at radius 1 is 1.42 bits per heavy atom. The fourth-order valence-electron chi connectivity index (χ4n) is 1.40. The zero-order valence-electron chi connectivity index (χ0n) is 7.52. The molecule has 1 unspecified atom stereocenters. The quantitative estimate of drug-likeness (QED) is 0.657. The van der Waals surface area contributed by atoms with E-state index in [4.69, 9.17) is 0 Å². The van der Waals surface area contributed by atoms with Gasteiger partial charge in [0, 0.05) is 0 Å². The maximum absolute atomic E-state index is 12.3. The highest BCUT2D eigenvalue weighted by molar-refractivity contribution is 4.77. The monoisotopic (exact) mass is 177 g/mol. The number of alkyl halides is 2. The van der Waals surface area contributed by atoms with E-state index in [-0.39, 0.29) is 0 Å². The first-order valence-corrected chi connectivity index (χ1v) is 4.75. The van der Waals surface area contributed by atoms with Gasteiger partial charge in [0.15, 0.2) is 0 Å². The van der Waals surface area contributed by atoms with Crippen LogP contribution in [0, 0.1) is 5.92 Å². The van der Waals surface area contributed by atoms with E-state index in [1.807, 2.05) is 6.92 Å². The van der Waals surface area contributed by atoms with Gasteiger partial charge in [-0.15, -0.1) is 0 Å². The van der Waals surface area contributed by atoms with Gasteiger partial charge in [-0.2, -0.15) is 0 Å². The van der Waals surface area contributed by atoms with Crippen LogP contribution in [0.15, 0.2) is 0 Å². The van der Waals surface area contributed by atoms with Crippen molar-refractivity contribution in [3.8, 4) is 0 Å². The Hall–Kier alpha value is -0.180. The molecular weight excluding hydrogens is 160 g/mol. The van der Waals surface area contributed by atoms with Crippen molar-refractivity contribution in [3.63, 3.8) is 0 Å². The van der Waals surface area contributed by atoms with Crippen LogP contribution in [0.3, 0.4) is 0 Å². The Labute approximate surface area is 72.5 Å². The van der Waals surface area contributed by atoms with Gasteiger partial charge in [-0.1, -0.05) is 19.8 Å². The number of hydrogen-bond acceptors (Lipinski definition) is 1. The standard InChI is InChI=1S/C9H17F2N/c1-2-12-8(9(10)11)6-5-7-3-4-7/h7-9,12H,2-6H2,1H3. The predicted molar refractivity (Wildman–Crippen MR) is 45.4 cm³/mol. The summed E-state index contributed by atoms with van der Waals surface area (Å²) in [7, 11) is 0. The van der Waals surface area contributed by atoms with Crippen molar-refractivity contribution in [2.45, 2.75) is 45.1 Å². The van der Waals surface area contributed by atoms with Crippen molar-refractivity contribution in [2.24, 2.45) is 5.92 Å². The molecule has 0 aromatic rings. The highest BCUT2D eigenvalue weighted by Gasteiger charge is 2.25. The molecule has 1 nitrogen and oxygen atoms in total. The Morgan fingerprint density at radius 3 is 2.50 bits per heavy atom. The van der Waals surface area contributed by atoms with Gasteiger partial charge in [0.05, 0.1) is 6.04 Å². The molecule has 1 rings (SSSR count). The minimum absolute atomic E-state index is 0.574. The van der Waals surface area contributed by atoms with Gasteiger partial charge in [0.25, 0.3) is 6.43 Å². The zero-order chi connectivity index (χ0) is 8.97.